The quantitative estimate of drug-likeness (QED) is 0.669. The molecule has 0 radical (unpaired) electrons. The second-order valence-corrected chi connectivity index (χ2v) is 8.02. The van der Waals surface area contributed by atoms with Gasteiger partial charge in [0.25, 0.3) is 0 Å². The Morgan fingerprint density at radius 3 is 2.57 bits per heavy atom. The van der Waals surface area contributed by atoms with Crippen LogP contribution in [0.1, 0.15) is 42.8 Å². The van der Waals surface area contributed by atoms with Crippen LogP contribution in [0, 0.1) is 12.8 Å². The lowest BCUT2D eigenvalue weighted by molar-refractivity contribution is -0.127. The van der Waals surface area contributed by atoms with Crippen LogP contribution in [0.5, 0.6) is 0 Å². The van der Waals surface area contributed by atoms with Crippen LogP contribution in [0.2, 0.25) is 0 Å². The number of likely N-dealkylation sites (tertiary alicyclic amines) is 1. The normalized spacial score (nSPS) is 16.3. The molecule has 2 heterocycles. The van der Waals surface area contributed by atoms with Crippen molar-refractivity contribution in [2.45, 2.75) is 39.3 Å². The summed E-state index contributed by atoms with van der Waals surface area (Å²) in [5, 5.41) is 7.30. The monoisotopic (exact) mass is 404 g/mol. The first-order valence-corrected chi connectivity index (χ1v) is 10.6. The van der Waals surface area contributed by atoms with E-state index in [1.807, 2.05) is 68.4 Å². The van der Waals surface area contributed by atoms with Crippen molar-refractivity contribution in [1.29, 1.82) is 0 Å². The Morgan fingerprint density at radius 1 is 1.13 bits per heavy atom. The average Bonchev–Trinajstić information content (AvgIpc) is 3.23. The van der Waals surface area contributed by atoms with Crippen molar-refractivity contribution >= 4 is 5.91 Å². The van der Waals surface area contributed by atoms with Gasteiger partial charge in [-0.3, -0.25) is 9.69 Å². The van der Waals surface area contributed by atoms with Crippen LogP contribution < -0.4 is 5.32 Å². The summed E-state index contributed by atoms with van der Waals surface area (Å²) in [4.78, 5) is 19.5. The molecule has 156 valence electrons. The van der Waals surface area contributed by atoms with E-state index < -0.39 is 0 Å². The number of hydrogen-bond donors (Lipinski definition) is 1. The molecule has 1 aliphatic rings. The number of hydrogen-bond acceptors (Lipinski definition) is 5. The number of amides is 1. The van der Waals surface area contributed by atoms with Gasteiger partial charge in [0.1, 0.15) is 0 Å². The Balaban J connectivity index is 1.28. The highest BCUT2D eigenvalue weighted by atomic mass is 16.5. The minimum absolute atomic E-state index is 0.0231. The second-order valence-electron chi connectivity index (χ2n) is 8.02. The highest BCUT2D eigenvalue weighted by Gasteiger charge is 2.27. The molecule has 3 aromatic rings. The van der Waals surface area contributed by atoms with Gasteiger partial charge in [-0.2, -0.15) is 4.98 Å². The number of aryl methyl sites for hydroxylation is 1. The number of rotatable bonds is 6. The molecule has 1 fully saturated rings. The van der Waals surface area contributed by atoms with Gasteiger partial charge in [-0.15, -0.1) is 0 Å². The summed E-state index contributed by atoms with van der Waals surface area (Å²) in [6.07, 6.45) is 1.68. The molecule has 6 nitrogen and oxygen atoms in total. The maximum absolute atomic E-state index is 12.7. The number of nitrogens with one attached hydrogen (secondary N) is 1. The van der Waals surface area contributed by atoms with Gasteiger partial charge in [0.05, 0.1) is 12.6 Å². The summed E-state index contributed by atoms with van der Waals surface area (Å²) in [6, 6.07) is 18.1. The van der Waals surface area contributed by atoms with Crippen LogP contribution in [0.25, 0.3) is 11.4 Å². The van der Waals surface area contributed by atoms with Gasteiger partial charge < -0.3 is 9.84 Å². The van der Waals surface area contributed by atoms with E-state index in [2.05, 4.69) is 20.4 Å². The molecule has 1 aromatic heterocycles. The van der Waals surface area contributed by atoms with Gasteiger partial charge in [0.15, 0.2) is 0 Å². The van der Waals surface area contributed by atoms with E-state index in [0.717, 1.165) is 42.6 Å². The van der Waals surface area contributed by atoms with Crippen molar-refractivity contribution < 1.29 is 9.32 Å². The van der Waals surface area contributed by atoms with E-state index in [0.29, 0.717) is 18.3 Å². The molecule has 1 amide bonds. The van der Waals surface area contributed by atoms with Crippen LogP contribution in [-0.4, -0.2) is 34.0 Å². The number of nitrogens with zero attached hydrogens (tertiary/aromatic N) is 3. The maximum Gasteiger partial charge on any atom is 0.241 e. The van der Waals surface area contributed by atoms with Crippen LogP contribution >= 0.6 is 0 Å². The van der Waals surface area contributed by atoms with Crippen LogP contribution in [0.3, 0.4) is 0 Å². The summed E-state index contributed by atoms with van der Waals surface area (Å²) in [5.74, 6) is 1.45. The van der Waals surface area contributed by atoms with Crippen molar-refractivity contribution in [1.82, 2.24) is 20.4 Å². The number of carbonyl (C=O) groups is 1. The zero-order chi connectivity index (χ0) is 20.9. The van der Waals surface area contributed by atoms with Gasteiger partial charge in [0, 0.05) is 11.5 Å². The third-order valence-electron chi connectivity index (χ3n) is 5.83. The molecule has 1 atom stereocenters. The predicted octanol–water partition coefficient (Wildman–Crippen LogP) is 4.13. The standard InChI is InChI=1S/C24H28N4O2/c1-17-8-6-7-11-21(17)23-26-22(30-27-23)16-28-14-12-20(13-15-28)24(29)25-18(2)19-9-4-3-5-10-19/h3-11,18,20H,12-16H2,1-2H3,(H,25,29). The lowest BCUT2D eigenvalue weighted by atomic mass is 9.95. The van der Waals surface area contributed by atoms with Crippen molar-refractivity contribution in [2.24, 2.45) is 5.92 Å². The van der Waals surface area contributed by atoms with Gasteiger partial charge in [0.2, 0.25) is 17.6 Å². The van der Waals surface area contributed by atoms with Gasteiger partial charge in [-0.1, -0.05) is 59.8 Å². The summed E-state index contributed by atoms with van der Waals surface area (Å²) in [7, 11) is 0. The number of carbonyl (C=O) groups excluding carboxylic acids is 1. The smallest absolute Gasteiger partial charge is 0.241 e. The summed E-state index contributed by atoms with van der Waals surface area (Å²) >= 11 is 0. The Hall–Kier alpha value is -2.99. The SMILES string of the molecule is Cc1ccccc1-c1noc(CN2CCC(C(=O)NC(C)c3ccccc3)CC2)n1. The highest BCUT2D eigenvalue weighted by Crippen LogP contribution is 2.23. The Kier molecular flexibility index (Phi) is 6.23. The minimum Gasteiger partial charge on any atom is -0.349 e. The fourth-order valence-electron chi connectivity index (χ4n) is 3.95. The topological polar surface area (TPSA) is 71.3 Å². The van der Waals surface area contributed by atoms with E-state index in [9.17, 15) is 4.79 Å². The van der Waals surface area contributed by atoms with Gasteiger partial charge >= 0.3 is 0 Å². The van der Waals surface area contributed by atoms with Crippen molar-refractivity contribution in [3.63, 3.8) is 0 Å². The molecule has 2 aromatic carbocycles. The lowest BCUT2D eigenvalue weighted by Gasteiger charge is -2.30. The molecule has 30 heavy (non-hydrogen) atoms. The molecular formula is C24H28N4O2. The molecule has 0 bridgehead atoms. The summed E-state index contributed by atoms with van der Waals surface area (Å²) in [5.41, 5.74) is 3.25. The van der Waals surface area contributed by atoms with E-state index in [1.165, 1.54) is 0 Å². The number of aromatic nitrogens is 2. The van der Waals surface area contributed by atoms with Crippen LogP contribution in [0.4, 0.5) is 0 Å². The highest BCUT2D eigenvalue weighted by molar-refractivity contribution is 5.79. The number of piperidine rings is 1. The van der Waals surface area contributed by atoms with Gasteiger partial charge in [-0.05, 0) is 50.9 Å². The fraction of sp³-hybridized carbons (Fsp3) is 0.375. The molecule has 0 saturated carbocycles. The zero-order valence-corrected chi connectivity index (χ0v) is 17.5. The molecule has 0 aliphatic carbocycles. The van der Waals surface area contributed by atoms with Crippen molar-refractivity contribution in [3.8, 4) is 11.4 Å². The van der Waals surface area contributed by atoms with Crippen LogP contribution in [0.15, 0.2) is 59.1 Å². The van der Waals surface area contributed by atoms with Gasteiger partial charge in [-0.25, -0.2) is 0 Å². The molecule has 0 spiro atoms. The first-order valence-electron chi connectivity index (χ1n) is 10.6. The predicted molar refractivity (Wildman–Crippen MR) is 115 cm³/mol. The zero-order valence-electron chi connectivity index (χ0n) is 17.5. The second kappa shape index (κ2) is 9.22. The Bertz CT molecular complexity index is 978. The first-order chi connectivity index (χ1) is 14.6. The molecule has 6 heteroatoms. The lowest BCUT2D eigenvalue weighted by Crippen LogP contribution is -2.40. The van der Waals surface area contributed by atoms with Crippen molar-refractivity contribution in [2.75, 3.05) is 13.1 Å². The molecule has 4 rings (SSSR count). The third-order valence-corrected chi connectivity index (χ3v) is 5.83. The molecule has 1 aliphatic heterocycles. The van der Waals surface area contributed by atoms with Crippen LogP contribution in [-0.2, 0) is 11.3 Å². The number of benzene rings is 2. The van der Waals surface area contributed by atoms with Crippen molar-refractivity contribution in [3.05, 3.63) is 71.6 Å². The molecular weight excluding hydrogens is 376 g/mol. The first kappa shape index (κ1) is 20.3. The minimum atomic E-state index is 0.0231. The molecule has 1 saturated heterocycles. The Morgan fingerprint density at radius 2 is 1.83 bits per heavy atom. The largest absolute Gasteiger partial charge is 0.349 e. The van der Waals surface area contributed by atoms with E-state index in [4.69, 9.17) is 4.52 Å². The third kappa shape index (κ3) is 4.76. The fourth-order valence-corrected chi connectivity index (χ4v) is 3.95. The maximum atomic E-state index is 12.7. The van der Waals surface area contributed by atoms with E-state index in [-0.39, 0.29) is 17.9 Å². The molecule has 1 unspecified atom stereocenters. The average molecular weight is 405 g/mol. The summed E-state index contributed by atoms with van der Waals surface area (Å²) in [6.45, 7) is 6.39. The molecule has 1 N–H and O–H groups in total. The van der Waals surface area contributed by atoms with E-state index >= 15 is 0 Å². The Labute approximate surface area is 177 Å². The summed E-state index contributed by atoms with van der Waals surface area (Å²) < 4.78 is 5.47. The van der Waals surface area contributed by atoms with E-state index in [1.54, 1.807) is 0 Å².